The Morgan fingerprint density at radius 3 is 2.22 bits per heavy atom. The van der Waals surface area contributed by atoms with Crippen LogP contribution in [0.25, 0.3) is 0 Å². The first kappa shape index (κ1) is 15.9. The Kier molecular flexibility index (Phi) is 5.17. The highest BCUT2D eigenvalue weighted by atomic mass is 35.5. The number of nitrogens with zero attached hydrogens (tertiary/aromatic N) is 2. The molecule has 0 atom stereocenters. The van der Waals surface area contributed by atoms with Crippen molar-refractivity contribution in [2.45, 2.75) is 44.9 Å². The molecule has 7 heteroatoms. The summed E-state index contributed by atoms with van der Waals surface area (Å²) < 4.78 is 27.2. The topological polar surface area (TPSA) is 50.3 Å². The van der Waals surface area contributed by atoms with Crippen molar-refractivity contribution in [1.82, 2.24) is 9.29 Å². The zero-order valence-corrected chi connectivity index (χ0v) is 13.7. The maximum absolute atomic E-state index is 12.6. The van der Waals surface area contributed by atoms with Gasteiger partial charge in [0.15, 0.2) is 8.68 Å². The van der Waals surface area contributed by atoms with Crippen LogP contribution in [0.4, 0.5) is 0 Å². The van der Waals surface area contributed by atoms with E-state index in [1.54, 1.807) is 6.92 Å². The number of halogens is 1. The van der Waals surface area contributed by atoms with E-state index in [1.807, 2.05) is 27.7 Å². The molecule has 0 N–H and O–H groups in total. The minimum Gasteiger partial charge on any atom is -0.229 e. The lowest BCUT2D eigenvalue weighted by Crippen LogP contribution is -2.39. The lowest BCUT2D eigenvalue weighted by atomic mass is 10.2. The van der Waals surface area contributed by atoms with Gasteiger partial charge in [-0.3, -0.25) is 0 Å². The lowest BCUT2D eigenvalue weighted by molar-refractivity contribution is 0.319. The second-order valence-corrected chi connectivity index (χ2v) is 8.57. The fourth-order valence-electron chi connectivity index (χ4n) is 1.64. The van der Waals surface area contributed by atoms with Crippen LogP contribution in [0.3, 0.4) is 0 Å². The number of aromatic nitrogens is 1. The average molecular weight is 311 g/mol. The van der Waals surface area contributed by atoms with E-state index in [4.69, 9.17) is 11.6 Å². The van der Waals surface area contributed by atoms with Gasteiger partial charge in [0.25, 0.3) is 10.0 Å². The van der Waals surface area contributed by atoms with Crippen molar-refractivity contribution >= 4 is 33.0 Å². The Morgan fingerprint density at radius 2 is 1.89 bits per heavy atom. The van der Waals surface area contributed by atoms with Gasteiger partial charge in [-0.05, 0) is 26.7 Å². The third-order valence-electron chi connectivity index (χ3n) is 2.39. The Morgan fingerprint density at radius 1 is 1.33 bits per heavy atom. The normalized spacial score (nSPS) is 12.9. The third kappa shape index (κ3) is 3.44. The molecule has 18 heavy (non-hydrogen) atoms. The van der Waals surface area contributed by atoms with E-state index in [0.29, 0.717) is 12.2 Å². The van der Waals surface area contributed by atoms with Gasteiger partial charge in [-0.1, -0.05) is 36.8 Å². The first-order chi connectivity index (χ1) is 8.16. The van der Waals surface area contributed by atoms with Gasteiger partial charge in [0.2, 0.25) is 0 Å². The molecule has 0 aliphatic rings. The van der Waals surface area contributed by atoms with Gasteiger partial charge in [0.1, 0.15) is 0 Å². The van der Waals surface area contributed by atoms with Crippen LogP contribution >= 0.6 is 22.9 Å². The predicted molar refractivity (Wildman–Crippen MR) is 75.7 cm³/mol. The molecule has 0 unspecified atom stereocenters. The van der Waals surface area contributed by atoms with E-state index >= 15 is 0 Å². The molecule has 4 nitrogen and oxygen atoms in total. The largest absolute Gasteiger partial charge is 0.254 e. The fourth-order valence-corrected chi connectivity index (χ4v) is 5.29. The number of hydrogen-bond donors (Lipinski definition) is 0. The molecule has 0 aliphatic carbocycles. The van der Waals surface area contributed by atoms with Crippen molar-refractivity contribution in [3.8, 4) is 0 Å². The monoisotopic (exact) mass is 310 g/mol. The van der Waals surface area contributed by atoms with Crippen molar-refractivity contribution in [2.24, 2.45) is 5.92 Å². The van der Waals surface area contributed by atoms with Gasteiger partial charge in [-0.15, -0.1) is 0 Å². The summed E-state index contributed by atoms with van der Waals surface area (Å²) in [6, 6.07) is -0.0855. The molecule has 1 heterocycles. The van der Waals surface area contributed by atoms with Gasteiger partial charge >= 0.3 is 0 Å². The molecule has 0 bridgehead atoms. The highest BCUT2D eigenvalue weighted by Gasteiger charge is 2.31. The summed E-state index contributed by atoms with van der Waals surface area (Å²) in [6.45, 7) is 9.91. The van der Waals surface area contributed by atoms with E-state index < -0.39 is 10.0 Å². The summed E-state index contributed by atoms with van der Waals surface area (Å²) in [7, 11) is -3.50. The molecule has 0 spiro atoms. The zero-order chi connectivity index (χ0) is 14.1. The van der Waals surface area contributed by atoms with Crippen LogP contribution in [0, 0.1) is 12.8 Å². The first-order valence-electron chi connectivity index (χ1n) is 5.81. The van der Waals surface area contributed by atoms with E-state index in [2.05, 4.69) is 4.98 Å². The summed E-state index contributed by atoms with van der Waals surface area (Å²) in [4.78, 5) is 3.98. The maximum Gasteiger partial charge on any atom is 0.254 e. The van der Waals surface area contributed by atoms with Gasteiger partial charge in [0.05, 0.1) is 5.69 Å². The van der Waals surface area contributed by atoms with Crippen LogP contribution in [0.2, 0.25) is 4.47 Å². The Bertz CT molecular complexity index is 509. The SMILES string of the molecule is Cc1nc(Cl)sc1S(=O)(=O)N(CC(C)C)C(C)C. The molecule has 1 aromatic rings. The number of hydrogen-bond acceptors (Lipinski definition) is 4. The smallest absolute Gasteiger partial charge is 0.229 e. The third-order valence-corrected chi connectivity index (χ3v) is 6.28. The Labute approximate surface area is 118 Å². The standard InChI is InChI=1S/C11H19ClN2O2S2/c1-7(2)6-14(8(3)4)18(15,16)10-9(5)13-11(12)17-10/h7-8H,6H2,1-5H3. The van der Waals surface area contributed by atoms with Gasteiger partial charge in [-0.2, -0.15) is 4.31 Å². The second-order valence-electron chi connectivity index (χ2n) is 4.90. The van der Waals surface area contributed by atoms with Crippen LogP contribution in [-0.4, -0.2) is 30.3 Å². The van der Waals surface area contributed by atoms with Gasteiger partial charge < -0.3 is 0 Å². The van der Waals surface area contributed by atoms with Crippen LogP contribution in [0.15, 0.2) is 4.21 Å². The maximum atomic E-state index is 12.6. The minimum absolute atomic E-state index is 0.0855. The van der Waals surface area contributed by atoms with Crippen molar-refractivity contribution in [1.29, 1.82) is 0 Å². The van der Waals surface area contributed by atoms with Crippen LogP contribution in [-0.2, 0) is 10.0 Å². The minimum atomic E-state index is -3.50. The number of aryl methyl sites for hydroxylation is 1. The molecule has 1 rings (SSSR count). The molecule has 0 radical (unpaired) electrons. The van der Waals surface area contributed by atoms with Crippen molar-refractivity contribution in [3.05, 3.63) is 10.2 Å². The molecule has 0 saturated heterocycles. The van der Waals surface area contributed by atoms with E-state index in [1.165, 1.54) is 4.31 Å². The summed E-state index contributed by atoms with van der Waals surface area (Å²) in [6.07, 6.45) is 0. The lowest BCUT2D eigenvalue weighted by Gasteiger charge is -2.26. The number of thiazole rings is 1. The fraction of sp³-hybridized carbons (Fsp3) is 0.727. The van der Waals surface area contributed by atoms with Crippen LogP contribution < -0.4 is 0 Å². The second kappa shape index (κ2) is 5.86. The zero-order valence-electron chi connectivity index (χ0n) is 11.3. The molecule has 0 amide bonds. The Hall–Kier alpha value is -0.170. The molecule has 1 aromatic heterocycles. The van der Waals surface area contributed by atoms with Crippen LogP contribution in [0.5, 0.6) is 0 Å². The highest BCUT2D eigenvalue weighted by molar-refractivity contribution is 7.91. The summed E-state index contributed by atoms with van der Waals surface area (Å²) in [5.41, 5.74) is 0.472. The molecule has 0 aromatic carbocycles. The average Bonchev–Trinajstić information content (AvgIpc) is 2.54. The molecule has 0 fully saturated rings. The number of rotatable bonds is 5. The molecular weight excluding hydrogens is 292 g/mol. The summed E-state index contributed by atoms with van der Waals surface area (Å²) in [5, 5.41) is 0. The first-order valence-corrected chi connectivity index (χ1v) is 8.44. The van der Waals surface area contributed by atoms with Crippen molar-refractivity contribution in [3.63, 3.8) is 0 Å². The van der Waals surface area contributed by atoms with E-state index in [9.17, 15) is 8.42 Å². The molecule has 0 aliphatic heterocycles. The molecular formula is C11H19ClN2O2S2. The van der Waals surface area contributed by atoms with Gasteiger partial charge in [0, 0.05) is 12.6 Å². The quantitative estimate of drug-likeness (QED) is 0.839. The predicted octanol–water partition coefficient (Wildman–Crippen LogP) is 3.16. The highest BCUT2D eigenvalue weighted by Crippen LogP contribution is 2.30. The molecule has 0 saturated carbocycles. The summed E-state index contributed by atoms with van der Waals surface area (Å²) in [5.74, 6) is 0.269. The van der Waals surface area contributed by atoms with E-state index in [-0.39, 0.29) is 20.6 Å². The van der Waals surface area contributed by atoms with Crippen LogP contribution in [0.1, 0.15) is 33.4 Å². The summed E-state index contributed by atoms with van der Waals surface area (Å²) >= 11 is 6.80. The van der Waals surface area contributed by atoms with Crippen molar-refractivity contribution < 1.29 is 8.42 Å². The number of sulfonamides is 1. The Balaban J connectivity index is 3.21. The van der Waals surface area contributed by atoms with Gasteiger partial charge in [-0.25, -0.2) is 13.4 Å². The molecule has 104 valence electrons. The van der Waals surface area contributed by atoms with Crippen molar-refractivity contribution in [2.75, 3.05) is 6.54 Å². The van der Waals surface area contributed by atoms with E-state index in [0.717, 1.165) is 11.3 Å².